The molecule has 2 heterocycles. The molecule has 1 aromatic carbocycles. The molecule has 138 valence electrons. The number of carbonyl (C=O) groups excluding carboxylic acids is 1. The number of benzene rings is 1. The molecule has 0 spiro atoms. The van der Waals surface area contributed by atoms with Gasteiger partial charge in [-0.3, -0.25) is 9.89 Å². The van der Waals surface area contributed by atoms with Crippen LogP contribution in [0, 0.1) is 11.8 Å². The summed E-state index contributed by atoms with van der Waals surface area (Å²) in [5.74, 6) is 1.96. The molecular formula is C21H27N3O2. The van der Waals surface area contributed by atoms with Gasteiger partial charge in [0.05, 0.1) is 0 Å². The summed E-state index contributed by atoms with van der Waals surface area (Å²) in [5.41, 5.74) is 1.61. The first-order chi connectivity index (χ1) is 12.7. The minimum absolute atomic E-state index is 0.0526. The fourth-order valence-corrected chi connectivity index (χ4v) is 4.33. The first kappa shape index (κ1) is 17.1. The van der Waals surface area contributed by atoms with E-state index in [1.807, 2.05) is 41.3 Å². The second-order valence-electron chi connectivity index (χ2n) is 7.56. The van der Waals surface area contributed by atoms with Gasteiger partial charge in [0.2, 0.25) is 0 Å². The van der Waals surface area contributed by atoms with Gasteiger partial charge in [-0.25, -0.2) is 0 Å². The fraction of sp³-hybridized carbons (Fsp3) is 0.524. The number of rotatable bonds is 6. The van der Waals surface area contributed by atoms with Crippen LogP contribution in [0.15, 0.2) is 36.4 Å². The average Bonchev–Trinajstić information content (AvgIpc) is 3.37. The number of unbranched alkanes of at least 4 members (excludes halogenated alkanes) is 1. The quantitative estimate of drug-likeness (QED) is 0.862. The predicted molar refractivity (Wildman–Crippen MR) is 100 cm³/mol. The second-order valence-corrected chi connectivity index (χ2v) is 7.56. The third kappa shape index (κ3) is 3.48. The number of nitrogens with zero attached hydrogens (tertiary/aromatic N) is 2. The Bertz CT molecular complexity index is 743. The third-order valence-corrected chi connectivity index (χ3v) is 5.76. The number of aromatic nitrogens is 2. The Morgan fingerprint density at radius 2 is 2.12 bits per heavy atom. The molecule has 4 rings (SSSR count). The summed E-state index contributed by atoms with van der Waals surface area (Å²) < 4.78 is 6.21. The number of fused-ring (bicyclic) bond motifs is 1. The maximum Gasteiger partial charge on any atom is 0.274 e. The van der Waals surface area contributed by atoms with Crippen LogP contribution < -0.4 is 4.74 Å². The maximum absolute atomic E-state index is 12.8. The van der Waals surface area contributed by atoms with E-state index >= 15 is 0 Å². The van der Waals surface area contributed by atoms with Crippen LogP contribution in [0.5, 0.6) is 5.75 Å². The van der Waals surface area contributed by atoms with Gasteiger partial charge in [-0.1, -0.05) is 31.5 Å². The molecule has 3 atom stereocenters. The Hall–Kier alpha value is -2.30. The summed E-state index contributed by atoms with van der Waals surface area (Å²) in [7, 11) is 0. The molecule has 1 aliphatic heterocycles. The van der Waals surface area contributed by atoms with Crippen molar-refractivity contribution in [3.05, 3.63) is 47.8 Å². The number of hydrogen-bond acceptors (Lipinski definition) is 3. The van der Waals surface area contributed by atoms with Crippen molar-refractivity contribution in [3.63, 3.8) is 0 Å². The Morgan fingerprint density at radius 1 is 1.27 bits per heavy atom. The molecule has 2 fully saturated rings. The van der Waals surface area contributed by atoms with Crippen LogP contribution in [0.25, 0.3) is 0 Å². The lowest BCUT2D eigenvalue weighted by atomic mass is 9.99. The van der Waals surface area contributed by atoms with E-state index in [4.69, 9.17) is 4.74 Å². The van der Waals surface area contributed by atoms with Crippen molar-refractivity contribution >= 4 is 5.91 Å². The lowest BCUT2D eigenvalue weighted by Gasteiger charge is -2.21. The number of hydrogen-bond donors (Lipinski definition) is 1. The number of para-hydroxylation sites is 1. The van der Waals surface area contributed by atoms with E-state index in [1.54, 1.807) is 0 Å². The molecule has 26 heavy (non-hydrogen) atoms. The average molecular weight is 353 g/mol. The Morgan fingerprint density at radius 3 is 2.92 bits per heavy atom. The number of nitrogens with one attached hydrogen (secondary N) is 1. The van der Waals surface area contributed by atoms with Crippen molar-refractivity contribution in [1.29, 1.82) is 0 Å². The van der Waals surface area contributed by atoms with Crippen molar-refractivity contribution in [2.24, 2.45) is 11.8 Å². The summed E-state index contributed by atoms with van der Waals surface area (Å²) in [4.78, 5) is 14.8. The van der Waals surface area contributed by atoms with E-state index in [2.05, 4.69) is 17.1 Å². The van der Waals surface area contributed by atoms with Gasteiger partial charge in [0.25, 0.3) is 5.91 Å². The molecule has 0 radical (unpaired) electrons. The molecule has 2 aromatic rings. The highest BCUT2D eigenvalue weighted by molar-refractivity contribution is 5.92. The molecule has 1 aromatic heterocycles. The van der Waals surface area contributed by atoms with Gasteiger partial charge < -0.3 is 9.64 Å². The van der Waals surface area contributed by atoms with Crippen molar-refractivity contribution in [3.8, 4) is 5.75 Å². The van der Waals surface area contributed by atoms with E-state index < -0.39 is 0 Å². The monoisotopic (exact) mass is 353 g/mol. The highest BCUT2D eigenvalue weighted by Gasteiger charge is 2.45. The summed E-state index contributed by atoms with van der Waals surface area (Å²) in [5, 5.41) is 7.26. The topological polar surface area (TPSA) is 58.2 Å². The molecular weight excluding hydrogens is 326 g/mol. The Kier molecular flexibility index (Phi) is 4.96. The highest BCUT2D eigenvalue weighted by atomic mass is 16.5. The van der Waals surface area contributed by atoms with Crippen molar-refractivity contribution in [1.82, 2.24) is 15.1 Å². The maximum atomic E-state index is 12.8. The molecule has 1 N–H and O–H groups in total. The number of likely N-dealkylation sites (tertiary alicyclic amines) is 1. The zero-order chi connectivity index (χ0) is 17.9. The normalized spacial score (nSPS) is 24.7. The van der Waals surface area contributed by atoms with Crippen LogP contribution >= 0.6 is 0 Å². The van der Waals surface area contributed by atoms with Crippen molar-refractivity contribution < 1.29 is 9.53 Å². The number of ether oxygens (including phenoxy) is 1. The van der Waals surface area contributed by atoms with Crippen LogP contribution in [-0.4, -0.2) is 40.2 Å². The van der Waals surface area contributed by atoms with E-state index in [-0.39, 0.29) is 12.0 Å². The van der Waals surface area contributed by atoms with Crippen molar-refractivity contribution in [2.75, 3.05) is 13.1 Å². The number of aromatic amines is 1. The van der Waals surface area contributed by atoms with Gasteiger partial charge >= 0.3 is 0 Å². The van der Waals surface area contributed by atoms with Crippen molar-refractivity contribution in [2.45, 2.75) is 45.1 Å². The lowest BCUT2D eigenvalue weighted by Crippen LogP contribution is -2.32. The van der Waals surface area contributed by atoms with E-state index in [1.165, 1.54) is 0 Å². The standard InChI is InChI=1S/C21H27N3O2/c1-2-3-7-16-12-19(23-22-16)21(25)24-13-15-10-11-20(18(15)14-24)26-17-8-5-4-6-9-17/h4-6,8-9,12,15,18,20H,2-3,7,10-11,13-14H2,1H3,(H,22,23)/t15-,18+,20-/m0/s1. The zero-order valence-corrected chi connectivity index (χ0v) is 15.4. The van der Waals surface area contributed by atoms with E-state index in [0.717, 1.165) is 56.6 Å². The molecule has 1 saturated carbocycles. The highest BCUT2D eigenvalue weighted by Crippen LogP contribution is 2.40. The minimum Gasteiger partial charge on any atom is -0.490 e. The minimum atomic E-state index is 0.0526. The molecule has 1 aliphatic carbocycles. The fourth-order valence-electron chi connectivity index (χ4n) is 4.33. The third-order valence-electron chi connectivity index (χ3n) is 5.76. The number of amides is 1. The van der Waals surface area contributed by atoms with Crippen LogP contribution in [0.1, 0.15) is 48.8 Å². The van der Waals surface area contributed by atoms with Gasteiger partial charge in [0.15, 0.2) is 0 Å². The zero-order valence-electron chi connectivity index (χ0n) is 15.4. The lowest BCUT2D eigenvalue weighted by molar-refractivity contribution is 0.0756. The SMILES string of the molecule is CCCCc1cc(C(=O)N2C[C@@H]3CC[C@H](Oc4ccccc4)[C@@H]3C2)n[nH]1. The second kappa shape index (κ2) is 7.52. The predicted octanol–water partition coefficient (Wildman–Crippen LogP) is 3.68. The van der Waals surface area contributed by atoms with Gasteiger partial charge in [-0.15, -0.1) is 0 Å². The smallest absolute Gasteiger partial charge is 0.274 e. The van der Waals surface area contributed by atoms with Gasteiger partial charge in [0.1, 0.15) is 17.5 Å². The summed E-state index contributed by atoms with van der Waals surface area (Å²) >= 11 is 0. The molecule has 1 amide bonds. The summed E-state index contributed by atoms with van der Waals surface area (Å²) in [6.07, 6.45) is 5.63. The molecule has 0 unspecified atom stereocenters. The summed E-state index contributed by atoms with van der Waals surface area (Å²) in [6.45, 7) is 3.77. The van der Waals surface area contributed by atoms with E-state index in [9.17, 15) is 4.79 Å². The molecule has 2 aliphatic rings. The number of aryl methyl sites for hydroxylation is 1. The van der Waals surface area contributed by atoms with Crippen LogP contribution in [0.2, 0.25) is 0 Å². The molecule has 0 bridgehead atoms. The van der Waals surface area contributed by atoms with Gasteiger partial charge in [-0.05, 0) is 49.8 Å². The summed E-state index contributed by atoms with van der Waals surface area (Å²) in [6, 6.07) is 11.9. The largest absolute Gasteiger partial charge is 0.490 e. The van der Waals surface area contributed by atoms with Gasteiger partial charge in [0, 0.05) is 24.7 Å². The molecule has 5 heteroatoms. The first-order valence-corrected chi connectivity index (χ1v) is 9.80. The Balaban J connectivity index is 1.38. The van der Waals surface area contributed by atoms with Crippen LogP contribution in [-0.2, 0) is 6.42 Å². The van der Waals surface area contributed by atoms with Crippen LogP contribution in [0.3, 0.4) is 0 Å². The Labute approximate surface area is 154 Å². The first-order valence-electron chi connectivity index (χ1n) is 9.80. The molecule has 5 nitrogen and oxygen atoms in total. The van der Waals surface area contributed by atoms with Crippen LogP contribution in [0.4, 0.5) is 0 Å². The van der Waals surface area contributed by atoms with E-state index in [0.29, 0.717) is 17.5 Å². The molecule has 1 saturated heterocycles. The number of H-pyrrole nitrogens is 1. The van der Waals surface area contributed by atoms with Gasteiger partial charge in [-0.2, -0.15) is 5.10 Å². The number of carbonyl (C=O) groups is 1.